The molecule has 0 radical (unpaired) electrons. The molecule has 0 heterocycles. The number of non-ortho nitro benzene ring substituents is 1. The molecule has 26 heavy (non-hydrogen) atoms. The van der Waals surface area contributed by atoms with E-state index >= 15 is 0 Å². The van der Waals surface area contributed by atoms with Crippen LogP contribution in [0, 0.1) is 30.3 Å². The summed E-state index contributed by atoms with van der Waals surface area (Å²) in [7, 11) is 0. The van der Waals surface area contributed by atoms with Gasteiger partial charge in [-0.15, -0.1) is 0 Å². The summed E-state index contributed by atoms with van der Waals surface area (Å²) in [5.74, 6) is 0. The van der Waals surface area contributed by atoms with Crippen molar-refractivity contribution in [1.29, 1.82) is 0 Å². The number of rotatable bonds is 6. The van der Waals surface area contributed by atoms with Crippen molar-refractivity contribution in [2.45, 2.75) is 6.92 Å². The average Bonchev–Trinajstić information content (AvgIpc) is 2.59. The molecule has 0 saturated carbocycles. The summed E-state index contributed by atoms with van der Waals surface area (Å²) in [5.41, 5.74) is 1.36. The minimum absolute atomic E-state index is 0.100. The molecular weight excluding hydrogens is 370 g/mol. The van der Waals surface area contributed by atoms with E-state index in [0.29, 0.717) is 0 Å². The molecule has 134 valence electrons. The quantitative estimate of drug-likeness (QED) is 0.453. The fourth-order valence-electron chi connectivity index (χ4n) is 2.05. The molecule has 11 nitrogen and oxygen atoms in total. The van der Waals surface area contributed by atoms with Gasteiger partial charge in [-0.05, 0) is 25.1 Å². The smallest absolute Gasteiger partial charge is 0.271 e. The zero-order valence-electron chi connectivity index (χ0n) is 13.1. The Hall–Kier alpha value is -3.60. The van der Waals surface area contributed by atoms with E-state index in [2.05, 4.69) is 10.5 Å². The maximum absolute atomic E-state index is 11.1. The van der Waals surface area contributed by atoms with Gasteiger partial charge >= 0.3 is 5.69 Å². The van der Waals surface area contributed by atoms with E-state index in [-0.39, 0.29) is 27.7 Å². The molecule has 0 spiro atoms. The SMILES string of the molecule is C/C(=N/Nc1ccc([N+](=O)[O-])cc1[N+](=O)[O-])c1ccc(Cl)cc1[N+](=O)[O-]. The Morgan fingerprint density at radius 3 is 2.19 bits per heavy atom. The van der Waals surface area contributed by atoms with Crippen LogP contribution >= 0.6 is 11.6 Å². The van der Waals surface area contributed by atoms with Crippen molar-refractivity contribution < 1.29 is 14.8 Å². The highest BCUT2D eigenvalue weighted by atomic mass is 35.5. The number of hydrogen-bond donors (Lipinski definition) is 1. The number of nitro benzene ring substituents is 3. The summed E-state index contributed by atoms with van der Waals surface area (Å²) in [6.45, 7) is 1.46. The van der Waals surface area contributed by atoms with E-state index in [9.17, 15) is 30.3 Å². The highest BCUT2D eigenvalue weighted by Gasteiger charge is 2.20. The summed E-state index contributed by atoms with van der Waals surface area (Å²) in [6, 6.07) is 6.98. The van der Waals surface area contributed by atoms with Crippen LogP contribution in [0.4, 0.5) is 22.7 Å². The molecule has 0 fully saturated rings. The van der Waals surface area contributed by atoms with Crippen LogP contribution in [0.15, 0.2) is 41.5 Å². The van der Waals surface area contributed by atoms with E-state index in [1.807, 2.05) is 0 Å². The normalized spacial score (nSPS) is 11.1. The number of halogens is 1. The van der Waals surface area contributed by atoms with Crippen LogP contribution < -0.4 is 5.43 Å². The van der Waals surface area contributed by atoms with Gasteiger partial charge in [-0.2, -0.15) is 5.10 Å². The molecule has 1 N–H and O–H groups in total. The molecule has 12 heteroatoms. The van der Waals surface area contributed by atoms with Gasteiger partial charge in [-0.25, -0.2) is 0 Å². The van der Waals surface area contributed by atoms with Crippen LogP contribution in [0.2, 0.25) is 5.02 Å². The molecule has 0 unspecified atom stereocenters. The Labute approximate surface area is 150 Å². The molecule has 0 aliphatic rings. The predicted octanol–water partition coefficient (Wildman–Crippen LogP) is 3.90. The Balaban J connectivity index is 2.40. The Bertz CT molecular complexity index is 945. The van der Waals surface area contributed by atoms with Crippen LogP contribution in [0.25, 0.3) is 0 Å². The summed E-state index contributed by atoms with van der Waals surface area (Å²) in [4.78, 5) is 30.7. The lowest BCUT2D eigenvalue weighted by atomic mass is 10.1. The van der Waals surface area contributed by atoms with Gasteiger partial charge in [0.05, 0.1) is 32.1 Å². The average molecular weight is 380 g/mol. The molecule has 0 amide bonds. The summed E-state index contributed by atoms with van der Waals surface area (Å²) >= 11 is 5.74. The van der Waals surface area contributed by atoms with E-state index in [0.717, 1.165) is 24.3 Å². The van der Waals surface area contributed by atoms with Crippen molar-refractivity contribution in [1.82, 2.24) is 0 Å². The maximum atomic E-state index is 11.1. The first-order valence-electron chi connectivity index (χ1n) is 6.88. The summed E-state index contributed by atoms with van der Waals surface area (Å²) in [5, 5.41) is 37.0. The van der Waals surface area contributed by atoms with Crippen LogP contribution in [0.3, 0.4) is 0 Å². The van der Waals surface area contributed by atoms with Crippen LogP contribution in [-0.2, 0) is 0 Å². The first-order chi connectivity index (χ1) is 12.2. The molecule has 0 aromatic heterocycles. The zero-order valence-corrected chi connectivity index (χ0v) is 13.8. The first kappa shape index (κ1) is 18.7. The minimum atomic E-state index is -0.801. The number of benzene rings is 2. The van der Waals surface area contributed by atoms with Gasteiger partial charge in [0.15, 0.2) is 0 Å². The molecule has 2 aromatic carbocycles. The van der Waals surface area contributed by atoms with Gasteiger partial charge in [-0.3, -0.25) is 35.8 Å². The lowest BCUT2D eigenvalue weighted by molar-refractivity contribution is -0.393. The molecule has 2 aromatic rings. The van der Waals surface area contributed by atoms with Crippen molar-refractivity contribution in [2.75, 3.05) is 5.43 Å². The Morgan fingerprint density at radius 2 is 1.62 bits per heavy atom. The van der Waals surface area contributed by atoms with Crippen molar-refractivity contribution in [3.63, 3.8) is 0 Å². The van der Waals surface area contributed by atoms with E-state index in [4.69, 9.17) is 11.6 Å². The summed E-state index contributed by atoms with van der Waals surface area (Å²) < 4.78 is 0. The van der Waals surface area contributed by atoms with Crippen LogP contribution in [-0.4, -0.2) is 20.5 Å². The molecule has 0 aliphatic carbocycles. The topological polar surface area (TPSA) is 154 Å². The van der Waals surface area contributed by atoms with Crippen molar-refractivity contribution in [3.05, 3.63) is 77.3 Å². The number of nitrogens with one attached hydrogen (secondary N) is 1. The lowest BCUT2D eigenvalue weighted by Crippen LogP contribution is -2.05. The molecule has 0 atom stereocenters. The maximum Gasteiger partial charge on any atom is 0.301 e. The number of nitrogens with zero attached hydrogens (tertiary/aromatic N) is 4. The number of nitro groups is 3. The third-order valence-corrected chi connectivity index (χ3v) is 3.51. The van der Waals surface area contributed by atoms with Crippen molar-refractivity contribution >= 4 is 40.1 Å². The second kappa shape index (κ2) is 7.53. The highest BCUT2D eigenvalue weighted by Crippen LogP contribution is 2.29. The van der Waals surface area contributed by atoms with E-state index in [1.165, 1.54) is 19.1 Å². The molecule has 2 rings (SSSR count). The Kier molecular flexibility index (Phi) is 5.42. The van der Waals surface area contributed by atoms with Crippen molar-refractivity contribution in [3.8, 4) is 0 Å². The van der Waals surface area contributed by atoms with Gasteiger partial charge in [-0.1, -0.05) is 11.6 Å². The largest absolute Gasteiger partial charge is 0.301 e. The predicted molar refractivity (Wildman–Crippen MR) is 93.7 cm³/mol. The van der Waals surface area contributed by atoms with Gasteiger partial charge in [0.2, 0.25) is 0 Å². The van der Waals surface area contributed by atoms with E-state index in [1.54, 1.807) is 0 Å². The third-order valence-electron chi connectivity index (χ3n) is 3.28. The molecule has 0 saturated heterocycles. The zero-order chi connectivity index (χ0) is 19.4. The second-order valence-corrected chi connectivity index (χ2v) is 5.38. The fraction of sp³-hybridized carbons (Fsp3) is 0.0714. The molecule has 0 aliphatic heterocycles. The monoisotopic (exact) mass is 379 g/mol. The minimum Gasteiger partial charge on any atom is -0.271 e. The van der Waals surface area contributed by atoms with Gasteiger partial charge in [0.25, 0.3) is 11.4 Å². The van der Waals surface area contributed by atoms with Crippen molar-refractivity contribution in [2.24, 2.45) is 5.10 Å². The standard InChI is InChI=1S/C14H10ClN5O6/c1-8(11-4-2-9(15)6-13(11)19(23)24)16-17-12-5-3-10(18(21)22)7-14(12)20(25)26/h2-7,17H,1H3/b16-8-. The number of anilines is 1. The lowest BCUT2D eigenvalue weighted by Gasteiger charge is -2.06. The Morgan fingerprint density at radius 1 is 0.962 bits per heavy atom. The van der Waals surface area contributed by atoms with Gasteiger partial charge in [0, 0.05) is 17.2 Å². The number of hydrazone groups is 1. The summed E-state index contributed by atoms with van der Waals surface area (Å²) in [6.07, 6.45) is 0. The second-order valence-electron chi connectivity index (χ2n) is 4.94. The molecular formula is C14H10ClN5O6. The fourth-order valence-corrected chi connectivity index (χ4v) is 2.21. The van der Waals surface area contributed by atoms with E-state index < -0.39 is 26.1 Å². The van der Waals surface area contributed by atoms with Crippen LogP contribution in [0.5, 0.6) is 0 Å². The third kappa shape index (κ3) is 4.08. The van der Waals surface area contributed by atoms with Gasteiger partial charge < -0.3 is 0 Å². The highest BCUT2D eigenvalue weighted by molar-refractivity contribution is 6.31. The first-order valence-corrected chi connectivity index (χ1v) is 7.26. The van der Waals surface area contributed by atoms with Gasteiger partial charge in [0.1, 0.15) is 5.69 Å². The van der Waals surface area contributed by atoms with Crippen LogP contribution in [0.1, 0.15) is 12.5 Å². The number of hydrogen-bond acceptors (Lipinski definition) is 8. The molecule has 0 bridgehead atoms.